The number of rotatable bonds is 6. The van der Waals surface area contributed by atoms with Crippen LogP contribution in [0.25, 0.3) is 11.0 Å². The number of hydrogen-bond acceptors (Lipinski definition) is 3. The van der Waals surface area contributed by atoms with Crippen LogP contribution in [0.15, 0.2) is 30.6 Å². The van der Waals surface area contributed by atoms with E-state index in [1.54, 1.807) is 0 Å². The van der Waals surface area contributed by atoms with Crippen molar-refractivity contribution < 1.29 is 4.79 Å². The fourth-order valence-corrected chi connectivity index (χ4v) is 3.63. The molecule has 0 bridgehead atoms. The number of benzene rings is 1. The van der Waals surface area contributed by atoms with E-state index in [0.29, 0.717) is 12.5 Å². The van der Waals surface area contributed by atoms with Gasteiger partial charge in [-0.2, -0.15) is 0 Å². The molecule has 2 aromatic rings. The van der Waals surface area contributed by atoms with Crippen molar-refractivity contribution in [3.8, 4) is 0 Å². The van der Waals surface area contributed by atoms with E-state index in [2.05, 4.69) is 32.7 Å². The summed E-state index contributed by atoms with van der Waals surface area (Å²) in [6.45, 7) is 9.33. The Morgan fingerprint density at radius 2 is 1.92 bits per heavy atom. The molecule has 5 heteroatoms. The Bertz CT molecular complexity index is 669. The van der Waals surface area contributed by atoms with Crippen LogP contribution in [-0.4, -0.2) is 58.0 Å². The van der Waals surface area contributed by atoms with Gasteiger partial charge in [-0.15, -0.1) is 0 Å². The summed E-state index contributed by atoms with van der Waals surface area (Å²) in [6, 6.07) is 8.31. The first kappa shape index (κ1) is 17.0. The molecule has 0 N–H and O–H groups in total. The Kier molecular flexibility index (Phi) is 5.51. The lowest BCUT2D eigenvalue weighted by molar-refractivity contribution is -0.132. The third-order valence-electron chi connectivity index (χ3n) is 5.16. The van der Waals surface area contributed by atoms with Gasteiger partial charge in [0.1, 0.15) is 0 Å². The van der Waals surface area contributed by atoms with Crippen molar-refractivity contribution in [3.05, 3.63) is 30.6 Å². The number of carbonyl (C=O) groups is 1. The summed E-state index contributed by atoms with van der Waals surface area (Å²) in [5, 5.41) is 0. The zero-order valence-electron chi connectivity index (χ0n) is 14.8. The summed E-state index contributed by atoms with van der Waals surface area (Å²) in [5.41, 5.74) is 2.29. The third kappa shape index (κ3) is 3.78. The van der Waals surface area contributed by atoms with Crippen molar-refractivity contribution in [2.75, 3.05) is 32.7 Å². The van der Waals surface area contributed by atoms with Crippen molar-refractivity contribution in [2.24, 2.45) is 5.92 Å². The van der Waals surface area contributed by atoms with Gasteiger partial charge in [0.15, 0.2) is 0 Å². The molecule has 1 aromatic heterocycles. The van der Waals surface area contributed by atoms with Crippen LogP contribution in [0.3, 0.4) is 0 Å². The van der Waals surface area contributed by atoms with Gasteiger partial charge in [0.05, 0.1) is 23.9 Å². The lowest BCUT2D eigenvalue weighted by Gasteiger charge is -2.33. The molecule has 24 heavy (non-hydrogen) atoms. The molecule has 1 fully saturated rings. The predicted molar refractivity (Wildman–Crippen MR) is 96.8 cm³/mol. The van der Waals surface area contributed by atoms with E-state index in [1.165, 1.54) is 5.52 Å². The molecule has 5 nitrogen and oxygen atoms in total. The number of likely N-dealkylation sites (N-methyl/N-ethyl adjacent to an activating group) is 1. The summed E-state index contributed by atoms with van der Waals surface area (Å²) in [5.74, 6) is 0.932. The average molecular weight is 328 g/mol. The van der Waals surface area contributed by atoms with Gasteiger partial charge in [-0.3, -0.25) is 9.69 Å². The highest BCUT2D eigenvalue weighted by Crippen LogP contribution is 2.21. The number of para-hydroxylation sites is 2. The van der Waals surface area contributed by atoms with Gasteiger partial charge in [0.2, 0.25) is 5.91 Å². The topological polar surface area (TPSA) is 41.4 Å². The van der Waals surface area contributed by atoms with Gasteiger partial charge in [-0.1, -0.05) is 12.1 Å². The number of fused-ring (bicyclic) bond motifs is 1. The lowest BCUT2D eigenvalue weighted by atomic mass is 9.96. The molecule has 1 aliphatic rings. The Morgan fingerprint density at radius 1 is 1.21 bits per heavy atom. The fourth-order valence-electron chi connectivity index (χ4n) is 3.63. The summed E-state index contributed by atoms with van der Waals surface area (Å²) in [4.78, 5) is 20.9. The molecule has 130 valence electrons. The van der Waals surface area contributed by atoms with Crippen LogP contribution >= 0.6 is 0 Å². The number of hydrogen-bond donors (Lipinski definition) is 0. The van der Waals surface area contributed by atoms with Crippen LogP contribution in [0.5, 0.6) is 0 Å². The number of likely N-dealkylation sites (tertiary alicyclic amines) is 1. The minimum Gasteiger partial charge on any atom is -0.342 e. The van der Waals surface area contributed by atoms with Gasteiger partial charge < -0.3 is 9.47 Å². The second-order valence-electron chi connectivity index (χ2n) is 6.67. The number of carbonyl (C=O) groups excluding carboxylic acids is 1. The number of amides is 1. The summed E-state index contributed by atoms with van der Waals surface area (Å²) >= 11 is 0. The highest BCUT2D eigenvalue weighted by Gasteiger charge is 2.22. The third-order valence-corrected chi connectivity index (χ3v) is 5.16. The van der Waals surface area contributed by atoms with Crippen molar-refractivity contribution >= 4 is 16.9 Å². The van der Waals surface area contributed by atoms with Gasteiger partial charge in [0, 0.05) is 19.6 Å². The lowest BCUT2D eigenvalue weighted by Crippen LogP contribution is -2.43. The highest BCUT2D eigenvalue weighted by atomic mass is 16.2. The number of piperidine rings is 1. The highest BCUT2D eigenvalue weighted by molar-refractivity contribution is 5.78. The quantitative estimate of drug-likeness (QED) is 0.818. The Labute approximate surface area is 144 Å². The van der Waals surface area contributed by atoms with Gasteiger partial charge in [0.25, 0.3) is 0 Å². The van der Waals surface area contributed by atoms with Crippen LogP contribution in [0.4, 0.5) is 0 Å². The molecule has 0 saturated carbocycles. The van der Waals surface area contributed by atoms with E-state index in [1.807, 2.05) is 31.1 Å². The molecule has 1 amide bonds. The summed E-state index contributed by atoms with van der Waals surface area (Å²) in [6.07, 6.45) is 4.26. The van der Waals surface area contributed by atoms with Crippen molar-refractivity contribution in [1.29, 1.82) is 0 Å². The maximum absolute atomic E-state index is 12.2. The largest absolute Gasteiger partial charge is 0.342 e. The van der Waals surface area contributed by atoms with Gasteiger partial charge in [-0.25, -0.2) is 4.98 Å². The first-order valence-corrected chi connectivity index (χ1v) is 9.11. The van der Waals surface area contributed by atoms with Crippen LogP contribution in [-0.2, 0) is 11.3 Å². The zero-order valence-corrected chi connectivity index (χ0v) is 14.8. The maximum Gasteiger partial charge on any atom is 0.236 e. The molecule has 1 saturated heterocycles. The van der Waals surface area contributed by atoms with Gasteiger partial charge in [-0.05, 0) is 57.8 Å². The Hall–Kier alpha value is -1.88. The second kappa shape index (κ2) is 7.79. The second-order valence-corrected chi connectivity index (χ2v) is 6.67. The minimum absolute atomic E-state index is 0.263. The normalized spacial score (nSPS) is 16.6. The van der Waals surface area contributed by atoms with Gasteiger partial charge >= 0.3 is 0 Å². The van der Waals surface area contributed by atoms with E-state index in [4.69, 9.17) is 0 Å². The minimum atomic E-state index is 0.263. The van der Waals surface area contributed by atoms with E-state index < -0.39 is 0 Å². The summed E-state index contributed by atoms with van der Waals surface area (Å²) in [7, 11) is 0. The van der Waals surface area contributed by atoms with Crippen molar-refractivity contribution in [1.82, 2.24) is 19.4 Å². The predicted octanol–water partition coefficient (Wildman–Crippen LogP) is 2.62. The summed E-state index contributed by atoms with van der Waals surface area (Å²) < 4.78 is 2.27. The van der Waals surface area contributed by atoms with E-state index >= 15 is 0 Å². The molecule has 1 aliphatic heterocycles. The molecule has 0 atom stereocenters. The molecule has 0 spiro atoms. The molecule has 3 rings (SSSR count). The maximum atomic E-state index is 12.2. The zero-order chi connectivity index (χ0) is 16.9. The molecule has 1 aromatic carbocycles. The van der Waals surface area contributed by atoms with Crippen molar-refractivity contribution in [3.63, 3.8) is 0 Å². The molecule has 0 radical (unpaired) electrons. The van der Waals surface area contributed by atoms with E-state index in [9.17, 15) is 4.79 Å². The van der Waals surface area contributed by atoms with Crippen LogP contribution in [0.2, 0.25) is 0 Å². The van der Waals surface area contributed by atoms with E-state index in [0.717, 1.165) is 51.1 Å². The first-order valence-electron chi connectivity index (χ1n) is 9.11. The van der Waals surface area contributed by atoms with Crippen LogP contribution < -0.4 is 0 Å². The Morgan fingerprint density at radius 3 is 2.62 bits per heavy atom. The number of aromatic nitrogens is 2. The first-order chi connectivity index (χ1) is 11.7. The SMILES string of the molecule is CCN(CC)C(=O)CN1CCC(Cn2cnc3ccccc32)CC1. The van der Waals surface area contributed by atoms with Crippen molar-refractivity contribution in [2.45, 2.75) is 33.2 Å². The smallest absolute Gasteiger partial charge is 0.236 e. The van der Waals surface area contributed by atoms with E-state index in [-0.39, 0.29) is 5.91 Å². The molecule has 0 unspecified atom stereocenters. The van der Waals surface area contributed by atoms with Crippen LogP contribution in [0, 0.1) is 5.92 Å². The fraction of sp³-hybridized carbons (Fsp3) is 0.579. The monoisotopic (exact) mass is 328 g/mol. The standard InChI is InChI=1S/C19H28N4O/c1-3-22(4-2)19(24)14-21-11-9-16(10-12-21)13-23-15-20-17-7-5-6-8-18(17)23/h5-8,15-16H,3-4,9-14H2,1-2H3. The average Bonchev–Trinajstić information content (AvgIpc) is 3.01. The Balaban J connectivity index is 1.51. The van der Waals surface area contributed by atoms with Crippen LogP contribution in [0.1, 0.15) is 26.7 Å². The number of nitrogens with zero attached hydrogens (tertiary/aromatic N) is 4. The molecule has 0 aliphatic carbocycles. The number of imidazole rings is 1. The molecular formula is C19H28N4O. The molecular weight excluding hydrogens is 300 g/mol. The molecule has 2 heterocycles.